The molecule has 1 aromatic rings. The van der Waals surface area contributed by atoms with Crippen LogP contribution in [0.15, 0.2) is 6.20 Å². The summed E-state index contributed by atoms with van der Waals surface area (Å²) >= 11 is 0. The van der Waals surface area contributed by atoms with Gasteiger partial charge in [-0.2, -0.15) is 0 Å². The number of aromatic nitrogens is 2. The first-order valence-corrected chi connectivity index (χ1v) is 4.14. The van der Waals surface area contributed by atoms with E-state index in [0.29, 0.717) is 11.5 Å². The Morgan fingerprint density at radius 2 is 1.92 bits per heavy atom. The molecule has 0 saturated heterocycles. The number of hydrogen-bond acceptors (Lipinski definition) is 3. The summed E-state index contributed by atoms with van der Waals surface area (Å²) in [5.41, 5.74) is 1.65. The van der Waals surface area contributed by atoms with Crippen LogP contribution in [0.3, 0.4) is 0 Å². The van der Waals surface area contributed by atoms with Crippen LogP contribution in [-0.2, 0) is 6.61 Å². The number of nitrogens with zero attached hydrogens (tertiary/aromatic N) is 2. The second-order valence-electron chi connectivity index (χ2n) is 2.21. The van der Waals surface area contributed by atoms with E-state index < -0.39 is 0 Å². The molecule has 0 fully saturated rings. The van der Waals surface area contributed by atoms with Crippen LogP contribution in [0, 0.1) is 13.8 Å². The molecule has 3 nitrogen and oxygen atoms in total. The molecule has 1 aromatic heterocycles. The third-order valence-corrected chi connectivity index (χ3v) is 1.35. The van der Waals surface area contributed by atoms with Gasteiger partial charge in [0.1, 0.15) is 5.82 Å². The van der Waals surface area contributed by atoms with Gasteiger partial charge in [0.05, 0.1) is 12.3 Å². The van der Waals surface area contributed by atoms with Crippen LogP contribution in [0.25, 0.3) is 0 Å². The van der Waals surface area contributed by atoms with Gasteiger partial charge in [-0.1, -0.05) is 13.8 Å². The Morgan fingerprint density at radius 3 is 2.33 bits per heavy atom. The summed E-state index contributed by atoms with van der Waals surface area (Å²) in [6, 6.07) is 0. The maximum absolute atomic E-state index is 8.75. The summed E-state index contributed by atoms with van der Waals surface area (Å²) in [5.74, 6) is 0.703. The molecule has 12 heavy (non-hydrogen) atoms. The van der Waals surface area contributed by atoms with Crippen molar-refractivity contribution < 1.29 is 5.11 Å². The predicted molar refractivity (Wildman–Crippen MR) is 48.8 cm³/mol. The maximum atomic E-state index is 8.75. The van der Waals surface area contributed by atoms with Crippen molar-refractivity contribution in [1.29, 1.82) is 0 Å². The first-order valence-electron chi connectivity index (χ1n) is 4.14. The highest BCUT2D eigenvalue weighted by Gasteiger charge is 1.97. The lowest BCUT2D eigenvalue weighted by Crippen LogP contribution is -1.97. The molecule has 0 aliphatic carbocycles. The zero-order chi connectivity index (χ0) is 9.56. The van der Waals surface area contributed by atoms with Crippen molar-refractivity contribution in [2.75, 3.05) is 0 Å². The lowest BCUT2D eigenvalue weighted by Gasteiger charge is -1.99. The molecule has 0 bridgehead atoms. The summed E-state index contributed by atoms with van der Waals surface area (Å²) in [5, 5.41) is 8.75. The lowest BCUT2D eigenvalue weighted by atomic mass is 10.3. The number of aryl methyl sites for hydroxylation is 2. The Hall–Kier alpha value is -0.960. The highest BCUT2D eigenvalue weighted by atomic mass is 16.3. The molecule has 1 N–H and O–H groups in total. The number of aliphatic hydroxyl groups is 1. The van der Waals surface area contributed by atoms with E-state index in [4.69, 9.17) is 5.11 Å². The fourth-order valence-corrected chi connectivity index (χ4v) is 0.737. The second-order valence-corrected chi connectivity index (χ2v) is 2.21. The van der Waals surface area contributed by atoms with Crippen molar-refractivity contribution >= 4 is 0 Å². The van der Waals surface area contributed by atoms with Gasteiger partial charge in [0, 0.05) is 6.20 Å². The smallest absolute Gasteiger partial charge is 0.125 e. The Labute approximate surface area is 73.5 Å². The van der Waals surface area contributed by atoms with Crippen LogP contribution < -0.4 is 0 Å². The van der Waals surface area contributed by atoms with Crippen LogP contribution in [0.5, 0.6) is 0 Å². The van der Waals surface area contributed by atoms with Gasteiger partial charge in [-0.3, -0.25) is 0 Å². The Bertz CT molecular complexity index is 236. The molecule has 0 unspecified atom stereocenters. The standard InChI is InChI=1S/C7H10N2O.C2H6/c1-5-3-8-6(2)9-7(5)4-10;1-2/h3,10H,4H2,1-2H3;1-2H3. The summed E-state index contributed by atoms with van der Waals surface area (Å²) < 4.78 is 0. The monoisotopic (exact) mass is 168 g/mol. The van der Waals surface area contributed by atoms with Crippen LogP contribution in [0.2, 0.25) is 0 Å². The van der Waals surface area contributed by atoms with Crippen molar-refractivity contribution in [2.24, 2.45) is 0 Å². The fraction of sp³-hybridized carbons (Fsp3) is 0.556. The largest absolute Gasteiger partial charge is 0.390 e. The van der Waals surface area contributed by atoms with Crippen molar-refractivity contribution in [3.63, 3.8) is 0 Å². The summed E-state index contributed by atoms with van der Waals surface area (Å²) in [6.45, 7) is 7.68. The predicted octanol–water partition coefficient (Wildman–Crippen LogP) is 1.61. The Morgan fingerprint density at radius 1 is 1.33 bits per heavy atom. The molecule has 0 amide bonds. The van der Waals surface area contributed by atoms with E-state index in [-0.39, 0.29) is 6.61 Å². The van der Waals surface area contributed by atoms with Crippen molar-refractivity contribution in [2.45, 2.75) is 34.3 Å². The summed E-state index contributed by atoms with van der Waals surface area (Å²) in [7, 11) is 0. The van der Waals surface area contributed by atoms with E-state index >= 15 is 0 Å². The van der Waals surface area contributed by atoms with Crippen molar-refractivity contribution in [1.82, 2.24) is 9.97 Å². The topological polar surface area (TPSA) is 46.0 Å². The van der Waals surface area contributed by atoms with E-state index in [9.17, 15) is 0 Å². The van der Waals surface area contributed by atoms with Crippen molar-refractivity contribution in [3.8, 4) is 0 Å². The minimum atomic E-state index is -0.00477. The molecular weight excluding hydrogens is 152 g/mol. The highest BCUT2D eigenvalue weighted by Crippen LogP contribution is 2.01. The average molecular weight is 168 g/mol. The zero-order valence-electron chi connectivity index (χ0n) is 8.13. The van der Waals surface area contributed by atoms with Gasteiger partial charge >= 0.3 is 0 Å². The number of aliphatic hydroxyl groups excluding tert-OH is 1. The Kier molecular flexibility index (Phi) is 5.21. The summed E-state index contributed by atoms with van der Waals surface area (Å²) in [4.78, 5) is 8.00. The van der Waals surface area contributed by atoms with E-state index in [2.05, 4.69) is 9.97 Å². The fourth-order valence-electron chi connectivity index (χ4n) is 0.737. The van der Waals surface area contributed by atoms with Gasteiger partial charge in [-0.05, 0) is 19.4 Å². The molecule has 0 spiro atoms. The molecule has 68 valence electrons. The molecule has 3 heteroatoms. The molecule has 0 saturated carbocycles. The molecule has 0 aliphatic heterocycles. The molecule has 0 aromatic carbocycles. The molecule has 0 radical (unpaired) electrons. The van der Waals surface area contributed by atoms with E-state index in [1.807, 2.05) is 20.8 Å². The zero-order valence-corrected chi connectivity index (χ0v) is 8.13. The van der Waals surface area contributed by atoms with E-state index in [1.54, 1.807) is 13.1 Å². The highest BCUT2D eigenvalue weighted by molar-refractivity contribution is 5.13. The molecule has 1 heterocycles. The minimum absolute atomic E-state index is 0.00477. The number of rotatable bonds is 1. The van der Waals surface area contributed by atoms with E-state index in [1.165, 1.54) is 0 Å². The first kappa shape index (κ1) is 11.0. The lowest BCUT2D eigenvalue weighted by molar-refractivity contribution is 0.275. The number of hydrogen-bond donors (Lipinski definition) is 1. The Balaban J connectivity index is 0.000000561. The molecule has 1 rings (SSSR count). The SMILES string of the molecule is CC.Cc1ncc(C)c(CO)n1. The van der Waals surface area contributed by atoms with Gasteiger partial charge < -0.3 is 5.11 Å². The van der Waals surface area contributed by atoms with Gasteiger partial charge in [0.2, 0.25) is 0 Å². The third-order valence-electron chi connectivity index (χ3n) is 1.35. The minimum Gasteiger partial charge on any atom is -0.390 e. The maximum Gasteiger partial charge on any atom is 0.125 e. The normalized spacial score (nSPS) is 8.75. The van der Waals surface area contributed by atoms with E-state index in [0.717, 1.165) is 5.56 Å². The van der Waals surface area contributed by atoms with Gasteiger partial charge in [0.25, 0.3) is 0 Å². The molecule has 0 atom stereocenters. The van der Waals surface area contributed by atoms with Gasteiger partial charge in [-0.15, -0.1) is 0 Å². The average Bonchev–Trinajstić information content (AvgIpc) is 2.13. The molecule has 0 aliphatic rings. The van der Waals surface area contributed by atoms with Crippen LogP contribution >= 0.6 is 0 Å². The van der Waals surface area contributed by atoms with Gasteiger partial charge in [-0.25, -0.2) is 9.97 Å². The third kappa shape index (κ3) is 2.96. The summed E-state index contributed by atoms with van der Waals surface area (Å²) in [6.07, 6.45) is 1.72. The van der Waals surface area contributed by atoms with Crippen LogP contribution in [-0.4, -0.2) is 15.1 Å². The second kappa shape index (κ2) is 5.66. The van der Waals surface area contributed by atoms with Crippen LogP contribution in [0.4, 0.5) is 0 Å². The quantitative estimate of drug-likeness (QED) is 0.693. The first-order chi connectivity index (χ1) is 5.74. The molecular formula is C9H16N2O. The van der Waals surface area contributed by atoms with Gasteiger partial charge in [0.15, 0.2) is 0 Å². The van der Waals surface area contributed by atoms with Crippen molar-refractivity contribution in [3.05, 3.63) is 23.3 Å². The van der Waals surface area contributed by atoms with Crippen LogP contribution in [0.1, 0.15) is 30.9 Å².